The Balaban J connectivity index is 1.24. The van der Waals surface area contributed by atoms with E-state index in [-0.39, 0.29) is 11.8 Å². The van der Waals surface area contributed by atoms with Gasteiger partial charge in [-0.05, 0) is 56.4 Å². The van der Waals surface area contributed by atoms with E-state index in [4.69, 9.17) is 0 Å². The van der Waals surface area contributed by atoms with Gasteiger partial charge < -0.3 is 10.2 Å². The van der Waals surface area contributed by atoms with Crippen LogP contribution in [-0.2, 0) is 9.59 Å². The number of carbonyl (C=O) groups excluding carboxylic acids is 2. The lowest BCUT2D eigenvalue weighted by Crippen LogP contribution is -2.51. The predicted molar refractivity (Wildman–Crippen MR) is 129 cm³/mol. The van der Waals surface area contributed by atoms with Gasteiger partial charge >= 0.3 is 0 Å². The molecule has 172 valence electrons. The van der Waals surface area contributed by atoms with Crippen molar-refractivity contribution in [3.63, 3.8) is 0 Å². The normalized spacial score (nSPS) is 17.7. The number of nitrogens with zero attached hydrogens (tertiary/aromatic N) is 4. The number of likely N-dealkylation sites (tertiary alicyclic amines) is 1. The van der Waals surface area contributed by atoms with E-state index in [1.807, 2.05) is 10.3 Å². The van der Waals surface area contributed by atoms with E-state index in [0.717, 1.165) is 63.4 Å². The van der Waals surface area contributed by atoms with E-state index >= 15 is 0 Å². The highest BCUT2D eigenvalue weighted by atomic mass is 32.1. The Hall–Kier alpha value is -2.29. The number of aromatic nitrogens is 1. The zero-order valence-corrected chi connectivity index (χ0v) is 20.1. The largest absolute Gasteiger partial charge is 0.342 e. The smallest absolute Gasteiger partial charge is 0.240 e. The van der Waals surface area contributed by atoms with Crippen molar-refractivity contribution < 1.29 is 9.59 Å². The molecule has 2 aliphatic heterocycles. The molecule has 2 aromatic rings. The summed E-state index contributed by atoms with van der Waals surface area (Å²) < 4.78 is 0. The van der Waals surface area contributed by atoms with Gasteiger partial charge in [-0.25, -0.2) is 4.98 Å². The topological polar surface area (TPSA) is 68.8 Å². The van der Waals surface area contributed by atoms with Crippen LogP contribution < -0.4 is 5.32 Å². The van der Waals surface area contributed by atoms with Crippen molar-refractivity contribution in [3.05, 3.63) is 34.2 Å². The van der Waals surface area contributed by atoms with Gasteiger partial charge in [-0.15, -0.1) is 11.3 Å². The number of piperazine rings is 1. The number of aryl methyl sites for hydroxylation is 3. The van der Waals surface area contributed by atoms with Crippen LogP contribution in [0.15, 0.2) is 17.5 Å². The van der Waals surface area contributed by atoms with Crippen molar-refractivity contribution >= 4 is 28.3 Å². The van der Waals surface area contributed by atoms with Gasteiger partial charge in [0.05, 0.1) is 18.8 Å². The van der Waals surface area contributed by atoms with Gasteiger partial charge in [0, 0.05) is 50.2 Å². The van der Waals surface area contributed by atoms with Crippen LogP contribution in [-0.4, -0.2) is 83.9 Å². The van der Waals surface area contributed by atoms with Crippen molar-refractivity contribution in [2.24, 2.45) is 0 Å². The third kappa shape index (κ3) is 5.54. The average molecular weight is 456 g/mol. The van der Waals surface area contributed by atoms with Crippen LogP contribution in [0.5, 0.6) is 0 Å². The first kappa shape index (κ1) is 22.9. The van der Waals surface area contributed by atoms with Crippen LogP contribution in [0.1, 0.15) is 29.5 Å². The van der Waals surface area contributed by atoms with Gasteiger partial charge in [0.2, 0.25) is 11.8 Å². The Morgan fingerprint density at radius 3 is 2.22 bits per heavy atom. The zero-order chi connectivity index (χ0) is 22.7. The summed E-state index contributed by atoms with van der Waals surface area (Å²) in [5.74, 6) is 0.205. The molecule has 1 aromatic heterocycles. The standard InChI is InChI=1S/C24H33N5O2S/c1-17-12-19(3)20(13-18(17)2)21-16-32-24(25-21)26-22(30)14-27-8-10-28(11-9-27)15-23(31)29-6-4-5-7-29/h12-13,16H,4-11,14-15H2,1-3H3,(H,25,26,30). The van der Waals surface area contributed by atoms with Gasteiger partial charge in [0.25, 0.3) is 0 Å². The summed E-state index contributed by atoms with van der Waals surface area (Å²) in [5.41, 5.74) is 5.73. The zero-order valence-electron chi connectivity index (χ0n) is 19.3. The summed E-state index contributed by atoms with van der Waals surface area (Å²) in [6.45, 7) is 12.2. The molecule has 0 unspecified atom stereocenters. The number of benzene rings is 1. The summed E-state index contributed by atoms with van der Waals surface area (Å²) in [6.07, 6.45) is 2.25. The molecule has 0 atom stereocenters. The summed E-state index contributed by atoms with van der Waals surface area (Å²) in [6, 6.07) is 4.35. The van der Waals surface area contributed by atoms with Crippen molar-refractivity contribution in [2.45, 2.75) is 33.6 Å². The van der Waals surface area contributed by atoms with Gasteiger partial charge in [0.15, 0.2) is 5.13 Å². The van der Waals surface area contributed by atoms with E-state index in [0.29, 0.717) is 18.2 Å². The van der Waals surface area contributed by atoms with E-state index in [1.54, 1.807) is 0 Å². The van der Waals surface area contributed by atoms with Crippen LogP contribution in [0.4, 0.5) is 5.13 Å². The van der Waals surface area contributed by atoms with E-state index < -0.39 is 0 Å². The van der Waals surface area contributed by atoms with E-state index in [9.17, 15) is 9.59 Å². The molecule has 0 saturated carbocycles. The molecule has 4 rings (SSSR count). The van der Waals surface area contributed by atoms with Gasteiger partial charge in [-0.1, -0.05) is 6.07 Å². The first-order chi connectivity index (χ1) is 15.4. The van der Waals surface area contributed by atoms with Crippen LogP contribution >= 0.6 is 11.3 Å². The first-order valence-electron chi connectivity index (χ1n) is 11.4. The number of rotatable bonds is 6. The summed E-state index contributed by atoms with van der Waals surface area (Å²) in [5, 5.41) is 5.60. The molecule has 0 bridgehead atoms. The third-order valence-electron chi connectivity index (χ3n) is 6.52. The number of hydrogen-bond donors (Lipinski definition) is 1. The number of thiazole rings is 1. The van der Waals surface area contributed by atoms with Crippen molar-refractivity contribution in [3.8, 4) is 11.3 Å². The molecule has 32 heavy (non-hydrogen) atoms. The molecular formula is C24H33N5O2S. The monoisotopic (exact) mass is 455 g/mol. The highest BCUT2D eigenvalue weighted by Crippen LogP contribution is 2.29. The number of hydrogen-bond acceptors (Lipinski definition) is 6. The molecule has 7 nitrogen and oxygen atoms in total. The molecule has 2 fully saturated rings. The van der Waals surface area contributed by atoms with Crippen LogP contribution in [0.3, 0.4) is 0 Å². The van der Waals surface area contributed by atoms with Gasteiger partial charge in [-0.3, -0.25) is 19.4 Å². The van der Waals surface area contributed by atoms with Crippen molar-refractivity contribution in [2.75, 3.05) is 57.7 Å². The molecule has 8 heteroatoms. The molecular weight excluding hydrogens is 422 g/mol. The van der Waals surface area contributed by atoms with E-state index in [2.05, 4.69) is 53.0 Å². The molecule has 2 aliphatic rings. The molecule has 0 aliphatic carbocycles. The number of nitrogens with one attached hydrogen (secondary N) is 1. The number of anilines is 1. The molecule has 0 spiro atoms. The lowest BCUT2D eigenvalue weighted by atomic mass is 9.99. The summed E-state index contributed by atoms with van der Waals surface area (Å²) >= 11 is 1.46. The fraction of sp³-hybridized carbons (Fsp3) is 0.542. The summed E-state index contributed by atoms with van der Waals surface area (Å²) in [7, 11) is 0. The lowest BCUT2D eigenvalue weighted by Gasteiger charge is -2.34. The SMILES string of the molecule is Cc1cc(C)c(-c2csc(NC(=O)CN3CCN(CC(=O)N4CCCC4)CC3)n2)cc1C. The lowest BCUT2D eigenvalue weighted by molar-refractivity contribution is -0.132. The molecule has 1 N–H and O–H groups in total. The maximum atomic E-state index is 12.6. The minimum Gasteiger partial charge on any atom is -0.342 e. The molecule has 1 aromatic carbocycles. The van der Waals surface area contributed by atoms with Crippen LogP contribution in [0, 0.1) is 20.8 Å². The Kier molecular flexibility index (Phi) is 7.23. The van der Waals surface area contributed by atoms with Crippen LogP contribution in [0.25, 0.3) is 11.3 Å². The van der Waals surface area contributed by atoms with Crippen LogP contribution in [0.2, 0.25) is 0 Å². The second-order valence-corrected chi connectivity index (χ2v) is 9.84. The number of amides is 2. The molecule has 0 radical (unpaired) electrons. The minimum atomic E-state index is -0.0377. The Bertz CT molecular complexity index is 975. The quantitative estimate of drug-likeness (QED) is 0.725. The third-order valence-corrected chi connectivity index (χ3v) is 7.27. The van der Waals surface area contributed by atoms with Crippen molar-refractivity contribution in [1.29, 1.82) is 0 Å². The van der Waals surface area contributed by atoms with Gasteiger partial charge in [-0.2, -0.15) is 0 Å². The highest BCUT2D eigenvalue weighted by Gasteiger charge is 2.24. The average Bonchev–Trinajstić information content (AvgIpc) is 3.44. The highest BCUT2D eigenvalue weighted by molar-refractivity contribution is 7.14. The molecule has 2 amide bonds. The minimum absolute atomic E-state index is 0.0377. The Labute approximate surface area is 194 Å². The van der Waals surface area contributed by atoms with Crippen molar-refractivity contribution in [1.82, 2.24) is 19.7 Å². The Morgan fingerprint density at radius 2 is 1.53 bits per heavy atom. The number of carbonyl (C=O) groups is 2. The van der Waals surface area contributed by atoms with Gasteiger partial charge in [0.1, 0.15) is 0 Å². The fourth-order valence-electron chi connectivity index (χ4n) is 4.42. The summed E-state index contributed by atoms with van der Waals surface area (Å²) in [4.78, 5) is 35.9. The second-order valence-electron chi connectivity index (χ2n) is 8.98. The maximum Gasteiger partial charge on any atom is 0.240 e. The molecule has 3 heterocycles. The maximum absolute atomic E-state index is 12.6. The fourth-order valence-corrected chi connectivity index (χ4v) is 5.14. The second kappa shape index (κ2) is 10.1. The van der Waals surface area contributed by atoms with E-state index in [1.165, 1.54) is 28.0 Å². The first-order valence-corrected chi connectivity index (χ1v) is 12.3. The Morgan fingerprint density at radius 1 is 0.906 bits per heavy atom. The molecule has 2 saturated heterocycles. The predicted octanol–water partition coefficient (Wildman–Crippen LogP) is 2.91.